The molecule has 0 aliphatic heterocycles. The topological polar surface area (TPSA) is 21.3 Å². The molecule has 0 aromatic heterocycles. The molecule has 0 aliphatic carbocycles. The Morgan fingerprint density at radius 3 is 2.55 bits per heavy atom. The highest BCUT2D eigenvalue weighted by molar-refractivity contribution is 6.32. The van der Waals surface area contributed by atoms with Crippen molar-refractivity contribution in [2.45, 2.75) is 13.0 Å². The molecule has 1 N–H and O–H groups in total. The van der Waals surface area contributed by atoms with Crippen LogP contribution in [0, 0.1) is 11.6 Å². The summed E-state index contributed by atoms with van der Waals surface area (Å²) >= 11 is 5.91. The molecule has 1 atom stereocenters. The van der Waals surface area contributed by atoms with E-state index in [9.17, 15) is 8.78 Å². The molecule has 0 amide bonds. The highest BCUT2D eigenvalue weighted by Gasteiger charge is 2.16. The largest absolute Gasteiger partial charge is 0.455 e. The summed E-state index contributed by atoms with van der Waals surface area (Å²) in [6.07, 6.45) is 0. The number of benzene rings is 2. The highest BCUT2D eigenvalue weighted by Crippen LogP contribution is 2.35. The van der Waals surface area contributed by atoms with Crippen molar-refractivity contribution in [1.29, 1.82) is 0 Å². The van der Waals surface area contributed by atoms with Crippen LogP contribution in [0.1, 0.15) is 18.5 Å². The van der Waals surface area contributed by atoms with Crippen LogP contribution in [0.25, 0.3) is 0 Å². The first-order valence-electron chi connectivity index (χ1n) is 6.11. The summed E-state index contributed by atoms with van der Waals surface area (Å²) in [5, 5.41) is 3.10. The van der Waals surface area contributed by atoms with Gasteiger partial charge in [-0.05, 0) is 44.3 Å². The van der Waals surface area contributed by atoms with Crippen molar-refractivity contribution in [3.05, 3.63) is 58.6 Å². The Labute approximate surface area is 121 Å². The van der Waals surface area contributed by atoms with E-state index in [1.54, 1.807) is 19.2 Å². The van der Waals surface area contributed by atoms with Gasteiger partial charge in [0.25, 0.3) is 0 Å². The number of halogens is 3. The molecule has 0 saturated carbocycles. The molecule has 0 bridgehead atoms. The van der Waals surface area contributed by atoms with Gasteiger partial charge in [0, 0.05) is 11.6 Å². The van der Waals surface area contributed by atoms with Crippen LogP contribution in [0.5, 0.6) is 11.5 Å². The average Bonchev–Trinajstić information content (AvgIpc) is 2.41. The Kier molecular flexibility index (Phi) is 4.57. The summed E-state index contributed by atoms with van der Waals surface area (Å²) in [6, 6.07) is 8.13. The molecule has 5 heteroatoms. The van der Waals surface area contributed by atoms with E-state index in [0.717, 1.165) is 6.07 Å². The Bertz CT molecular complexity index is 619. The van der Waals surface area contributed by atoms with Crippen molar-refractivity contribution >= 4 is 11.6 Å². The van der Waals surface area contributed by atoms with Gasteiger partial charge in [0.15, 0.2) is 0 Å². The Morgan fingerprint density at radius 1 is 1.15 bits per heavy atom. The molecule has 1 unspecified atom stereocenters. The first-order valence-corrected chi connectivity index (χ1v) is 6.49. The van der Waals surface area contributed by atoms with E-state index in [1.807, 2.05) is 6.92 Å². The summed E-state index contributed by atoms with van der Waals surface area (Å²) in [4.78, 5) is 0. The second-order valence-electron chi connectivity index (χ2n) is 4.34. The third-order valence-corrected chi connectivity index (χ3v) is 3.29. The van der Waals surface area contributed by atoms with Crippen LogP contribution in [0.4, 0.5) is 8.78 Å². The maximum absolute atomic E-state index is 13.9. The van der Waals surface area contributed by atoms with Gasteiger partial charge in [-0.2, -0.15) is 0 Å². The molecule has 106 valence electrons. The lowest BCUT2D eigenvalue weighted by Crippen LogP contribution is -2.15. The van der Waals surface area contributed by atoms with E-state index in [4.69, 9.17) is 16.3 Å². The molecule has 0 fully saturated rings. The second kappa shape index (κ2) is 6.20. The Hall–Kier alpha value is -1.65. The van der Waals surface area contributed by atoms with E-state index in [1.165, 1.54) is 18.2 Å². The van der Waals surface area contributed by atoms with Gasteiger partial charge in [-0.25, -0.2) is 8.78 Å². The third-order valence-electron chi connectivity index (χ3n) is 2.99. The van der Waals surface area contributed by atoms with Gasteiger partial charge in [0.1, 0.15) is 23.1 Å². The fourth-order valence-electron chi connectivity index (χ4n) is 1.85. The SMILES string of the molecule is CNC(C)c1c(F)cccc1Oc1ccc(F)cc1Cl. The van der Waals surface area contributed by atoms with Crippen LogP contribution in [0.2, 0.25) is 5.02 Å². The number of ether oxygens (including phenoxy) is 1. The summed E-state index contributed by atoms with van der Waals surface area (Å²) in [5.74, 6) is -0.198. The van der Waals surface area contributed by atoms with E-state index in [-0.39, 0.29) is 22.6 Å². The molecule has 2 nitrogen and oxygen atoms in total. The molecule has 2 aromatic carbocycles. The third kappa shape index (κ3) is 3.08. The number of rotatable bonds is 4. The summed E-state index contributed by atoms with van der Waals surface area (Å²) < 4.78 is 32.6. The van der Waals surface area contributed by atoms with E-state index < -0.39 is 5.82 Å². The predicted molar refractivity (Wildman–Crippen MR) is 75.4 cm³/mol. The number of hydrogen-bond acceptors (Lipinski definition) is 2. The zero-order valence-corrected chi connectivity index (χ0v) is 11.8. The van der Waals surface area contributed by atoms with Crippen LogP contribution in [0.3, 0.4) is 0 Å². The standard InChI is InChI=1S/C15H14ClF2NO/c1-9(19-2)15-12(18)4-3-5-14(15)20-13-7-6-10(17)8-11(13)16/h3-9,19H,1-2H3. The van der Waals surface area contributed by atoms with Crippen molar-refractivity contribution in [1.82, 2.24) is 5.32 Å². The molecule has 2 aromatic rings. The number of hydrogen-bond donors (Lipinski definition) is 1. The van der Waals surface area contributed by atoms with Crippen molar-refractivity contribution in [2.75, 3.05) is 7.05 Å². The Balaban J connectivity index is 2.40. The maximum Gasteiger partial charge on any atom is 0.146 e. The van der Waals surface area contributed by atoms with Crippen molar-refractivity contribution in [3.8, 4) is 11.5 Å². The van der Waals surface area contributed by atoms with Crippen molar-refractivity contribution in [3.63, 3.8) is 0 Å². The van der Waals surface area contributed by atoms with E-state index >= 15 is 0 Å². The second-order valence-corrected chi connectivity index (χ2v) is 4.75. The maximum atomic E-state index is 13.9. The molecule has 0 spiro atoms. The van der Waals surface area contributed by atoms with Crippen LogP contribution in [-0.2, 0) is 0 Å². The van der Waals surface area contributed by atoms with Crippen LogP contribution in [-0.4, -0.2) is 7.05 Å². The molecular weight excluding hydrogens is 284 g/mol. The van der Waals surface area contributed by atoms with E-state index in [2.05, 4.69) is 5.32 Å². The zero-order valence-electron chi connectivity index (χ0n) is 11.1. The molecule has 0 aliphatic rings. The van der Waals surface area contributed by atoms with Crippen LogP contribution < -0.4 is 10.1 Å². The zero-order chi connectivity index (χ0) is 14.7. The lowest BCUT2D eigenvalue weighted by atomic mass is 10.1. The summed E-state index contributed by atoms with van der Waals surface area (Å²) in [5.41, 5.74) is 0.399. The van der Waals surface area contributed by atoms with Gasteiger partial charge in [-0.3, -0.25) is 0 Å². The fourth-order valence-corrected chi connectivity index (χ4v) is 2.05. The minimum Gasteiger partial charge on any atom is -0.455 e. The summed E-state index contributed by atoms with van der Waals surface area (Å²) in [6.45, 7) is 1.82. The smallest absolute Gasteiger partial charge is 0.146 e. The first kappa shape index (κ1) is 14.8. The van der Waals surface area contributed by atoms with Gasteiger partial charge in [-0.15, -0.1) is 0 Å². The first-order chi connectivity index (χ1) is 9.52. The monoisotopic (exact) mass is 297 g/mol. The van der Waals surface area contributed by atoms with Gasteiger partial charge in [0.2, 0.25) is 0 Å². The molecule has 2 rings (SSSR count). The molecular formula is C15H14ClF2NO. The molecule has 0 heterocycles. The normalized spacial score (nSPS) is 12.2. The highest BCUT2D eigenvalue weighted by atomic mass is 35.5. The minimum absolute atomic E-state index is 0.136. The van der Waals surface area contributed by atoms with E-state index in [0.29, 0.717) is 11.3 Å². The van der Waals surface area contributed by atoms with Gasteiger partial charge < -0.3 is 10.1 Å². The van der Waals surface area contributed by atoms with Gasteiger partial charge in [0.05, 0.1) is 5.02 Å². The van der Waals surface area contributed by atoms with Crippen LogP contribution in [0.15, 0.2) is 36.4 Å². The molecule has 20 heavy (non-hydrogen) atoms. The molecule has 0 radical (unpaired) electrons. The predicted octanol–water partition coefficient (Wildman–Crippen LogP) is 4.69. The Morgan fingerprint density at radius 2 is 1.90 bits per heavy atom. The minimum atomic E-state index is -0.453. The van der Waals surface area contributed by atoms with Crippen LogP contribution >= 0.6 is 11.6 Å². The fraction of sp³-hybridized carbons (Fsp3) is 0.200. The van der Waals surface area contributed by atoms with Gasteiger partial charge in [-0.1, -0.05) is 17.7 Å². The lowest BCUT2D eigenvalue weighted by Gasteiger charge is -2.17. The van der Waals surface area contributed by atoms with Crippen molar-refractivity contribution in [2.24, 2.45) is 0 Å². The number of nitrogens with one attached hydrogen (secondary N) is 1. The quantitative estimate of drug-likeness (QED) is 0.884. The van der Waals surface area contributed by atoms with Crippen molar-refractivity contribution < 1.29 is 13.5 Å². The summed E-state index contributed by atoms with van der Waals surface area (Å²) in [7, 11) is 1.73. The lowest BCUT2D eigenvalue weighted by molar-refractivity contribution is 0.451. The molecule has 0 saturated heterocycles. The van der Waals surface area contributed by atoms with Gasteiger partial charge >= 0.3 is 0 Å². The average molecular weight is 298 g/mol.